The third-order valence-electron chi connectivity index (χ3n) is 5.52. The zero-order valence-electron chi connectivity index (χ0n) is 16.7. The number of morpholine rings is 1. The van der Waals surface area contributed by atoms with Crippen molar-refractivity contribution in [3.8, 4) is 0 Å². The van der Waals surface area contributed by atoms with Gasteiger partial charge in [0.2, 0.25) is 0 Å². The molecular formula is C22H29N5O2. The molecule has 0 saturated carbocycles. The maximum absolute atomic E-state index is 12.5. The molecule has 2 amide bonds. The van der Waals surface area contributed by atoms with Gasteiger partial charge in [0.1, 0.15) is 5.82 Å². The van der Waals surface area contributed by atoms with Crippen LogP contribution in [0, 0.1) is 0 Å². The lowest BCUT2D eigenvalue weighted by atomic mass is 10.2. The molecule has 0 aliphatic carbocycles. The van der Waals surface area contributed by atoms with Crippen molar-refractivity contribution < 1.29 is 9.53 Å². The molecule has 2 aliphatic rings. The molecule has 0 spiro atoms. The van der Waals surface area contributed by atoms with Crippen LogP contribution in [0.15, 0.2) is 54.7 Å². The number of carbonyl (C=O) groups is 1. The summed E-state index contributed by atoms with van der Waals surface area (Å²) in [5.74, 6) is 1.04. The second-order valence-corrected chi connectivity index (χ2v) is 7.56. The lowest BCUT2D eigenvalue weighted by Crippen LogP contribution is -2.54. The van der Waals surface area contributed by atoms with E-state index < -0.39 is 0 Å². The second-order valence-electron chi connectivity index (χ2n) is 7.56. The SMILES string of the molecule is O=C(NCc1ccccc1)N1CCOC(CN2CCN(c3ccccn3)CC2)C1. The number of benzene rings is 1. The van der Waals surface area contributed by atoms with E-state index in [0.29, 0.717) is 26.2 Å². The third kappa shape index (κ3) is 5.46. The van der Waals surface area contributed by atoms with Crippen molar-refractivity contribution in [1.29, 1.82) is 0 Å². The highest BCUT2D eigenvalue weighted by Crippen LogP contribution is 2.14. The molecule has 2 aromatic rings. The van der Waals surface area contributed by atoms with E-state index >= 15 is 0 Å². The minimum atomic E-state index is -0.0119. The summed E-state index contributed by atoms with van der Waals surface area (Å²) < 4.78 is 5.95. The number of nitrogens with one attached hydrogen (secondary N) is 1. The third-order valence-corrected chi connectivity index (χ3v) is 5.52. The molecule has 2 aliphatic heterocycles. The van der Waals surface area contributed by atoms with Gasteiger partial charge >= 0.3 is 6.03 Å². The summed E-state index contributed by atoms with van der Waals surface area (Å²) in [5.41, 5.74) is 1.11. The fraction of sp³-hybridized carbons (Fsp3) is 0.455. The largest absolute Gasteiger partial charge is 0.373 e. The van der Waals surface area contributed by atoms with Crippen molar-refractivity contribution in [3.05, 3.63) is 60.3 Å². The van der Waals surface area contributed by atoms with Crippen LogP contribution < -0.4 is 10.2 Å². The fourth-order valence-corrected chi connectivity index (χ4v) is 3.89. The Bertz CT molecular complexity index is 765. The highest BCUT2D eigenvalue weighted by Gasteiger charge is 2.27. The molecule has 2 fully saturated rings. The monoisotopic (exact) mass is 395 g/mol. The summed E-state index contributed by atoms with van der Waals surface area (Å²) >= 11 is 0. The zero-order valence-corrected chi connectivity index (χ0v) is 16.7. The smallest absolute Gasteiger partial charge is 0.317 e. The first-order valence-electron chi connectivity index (χ1n) is 10.3. The molecule has 1 aromatic heterocycles. The zero-order chi connectivity index (χ0) is 19.9. The maximum atomic E-state index is 12.5. The van der Waals surface area contributed by atoms with E-state index in [1.54, 1.807) is 0 Å². The molecule has 1 atom stereocenters. The molecule has 0 bridgehead atoms. The number of hydrogen-bond acceptors (Lipinski definition) is 5. The average Bonchev–Trinajstić information content (AvgIpc) is 2.79. The van der Waals surface area contributed by atoms with Crippen molar-refractivity contribution >= 4 is 11.8 Å². The lowest BCUT2D eigenvalue weighted by Gasteiger charge is -2.39. The maximum Gasteiger partial charge on any atom is 0.317 e. The van der Waals surface area contributed by atoms with Crippen LogP contribution in [0.1, 0.15) is 5.56 Å². The molecule has 29 heavy (non-hydrogen) atoms. The van der Waals surface area contributed by atoms with Crippen LogP contribution in [0.5, 0.6) is 0 Å². The molecule has 1 N–H and O–H groups in total. The standard InChI is InChI=1S/C22H29N5O2/c28-22(24-16-19-6-2-1-3-7-19)27-14-15-29-20(18-27)17-25-10-12-26(13-11-25)21-8-4-5-9-23-21/h1-9,20H,10-18H2,(H,24,28). The number of hydrogen-bond donors (Lipinski definition) is 1. The summed E-state index contributed by atoms with van der Waals surface area (Å²) in [6.45, 7) is 7.18. The number of piperazine rings is 1. The van der Waals surface area contributed by atoms with Crippen molar-refractivity contribution in [3.63, 3.8) is 0 Å². The topological polar surface area (TPSA) is 60.9 Å². The Morgan fingerprint density at radius 2 is 1.83 bits per heavy atom. The molecule has 1 aromatic carbocycles. The lowest BCUT2D eigenvalue weighted by molar-refractivity contribution is -0.0311. The van der Waals surface area contributed by atoms with Crippen molar-refractivity contribution in [2.75, 3.05) is 57.3 Å². The van der Waals surface area contributed by atoms with Crippen molar-refractivity contribution in [2.45, 2.75) is 12.6 Å². The summed E-state index contributed by atoms with van der Waals surface area (Å²) in [7, 11) is 0. The number of nitrogens with zero attached hydrogens (tertiary/aromatic N) is 4. The number of urea groups is 1. The molecule has 3 heterocycles. The van der Waals surface area contributed by atoms with E-state index in [2.05, 4.69) is 26.2 Å². The predicted molar refractivity (Wildman–Crippen MR) is 113 cm³/mol. The number of rotatable bonds is 5. The molecule has 2 saturated heterocycles. The first-order valence-corrected chi connectivity index (χ1v) is 10.3. The Labute approximate surface area is 172 Å². The first kappa shape index (κ1) is 19.7. The van der Waals surface area contributed by atoms with E-state index in [9.17, 15) is 4.79 Å². The number of aromatic nitrogens is 1. The highest BCUT2D eigenvalue weighted by molar-refractivity contribution is 5.74. The van der Waals surface area contributed by atoms with Gasteiger partial charge in [-0.3, -0.25) is 4.90 Å². The summed E-state index contributed by atoms with van der Waals surface area (Å²) in [5, 5.41) is 3.02. The Hall–Kier alpha value is -2.64. The molecular weight excluding hydrogens is 366 g/mol. The molecule has 7 heteroatoms. The number of amides is 2. The summed E-state index contributed by atoms with van der Waals surface area (Å²) in [6.07, 6.45) is 1.90. The quantitative estimate of drug-likeness (QED) is 0.837. The van der Waals surface area contributed by atoms with Crippen LogP contribution in [0.4, 0.5) is 10.6 Å². The minimum absolute atomic E-state index is 0.0119. The van der Waals surface area contributed by atoms with Gasteiger partial charge in [0.05, 0.1) is 12.7 Å². The van der Waals surface area contributed by atoms with Crippen LogP contribution in [0.2, 0.25) is 0 Å². The van der Waals surface area contributed by atoms with Crippen LogP contribution >= 0.6 is 0 Å². The van der Waals surface area contributed by atoms with E-state index in [1.807, 2.05) is 53.6 Å². The van der Waals surface area contributed by atoms with Gasteiger partial charge in [0.25, 0.3) is 0 Å². The highest BCUT2D eigenvalue weighted by atomic mass is 16.5. The van der Waals surface area contributed by atoms with Gasteiger partial charge in [-0.05, 0) is 17.7 Å². The van der Waals surface area contributed by atoms with Crippen LogP contribution in [-0.2, 0) is 11.3 Å². The molecule has 4 rings (SSSR count). The predicted octanol–water partition coefficient (Wildman–Crippen LogP) is 1.81. The van der Waals surface area contributed by atoms with Gasteiger partial charge < -0.3 is 19.9 Å². The van der Waals surface area contributed by atoms with Gasteiger partial charge in [-0.2, -0.15) is 0 Å². The summed E-state index contributed by atoms with van der Waals surface area (Å²) in [4.78, 5) is 23.6. The average molecular weight is 396 g/mol. The van der Waals surface area contributed by atoms with E-state index in [-0.39, 0.29) is 12.1 Å². The number of ether oxygens (including phenoxy) is 1. The Kier molecular flexibility index (Phi) is 6.59. The van der Waals surface area contributed by atoms with E-state index in [1.165, 1.54) is 0 Å². The van der Waals surface area contributed by atoms with Gasteiger partial charge in [0, 0.05) is 58.6 Å². The molecule has 1 unspecified atom stereocenters. The van der Waals surface area contributed by atoms with E-state index in [0.717, 1.165) is 44.1 Å². The fourth-order valence-electron chi connectivity index (χ4n) is 3.89. The van der Waals surface area contributed by atoms with Gasteiger partial charge in [-0.25, -0.2) is 9.78 Å². The Morgan fingerprint density at radius 1 is 1.03 bits per heavy atom. The Balaban J connectivity index is 1.21. The van der Waals surface area contributed by atoms with Gasteiger partial charge in [-0.1, -0.05) is 36.4 Å². The Morgan fingerprint density at radius 3 is 2.59 bits per heavy atom. The van der Waals surface area contributed by atoms with Gasteiger partial charge in [0.15, 0.2) is 0 Å². The molecule has 7 nitrogen and oxygen atoms in total. The van der Waals surface area contributed by atoms with Gasteiger partial charge in [-0.15, -0.1) is 0 Å². The van der Waals surface area contributed by atoms with Crippen LogP contribution in [0.25, 0.3) is 0 Å². The minimum Gasteiger partial charge on any atom is -0.373 e. The molecule has 154 valence electrons. The van der Waals surface area contributed by atoms with Crippen LogP contribution in [-0.4, -0.2) is 79.3 Å². The van der Waals surface area contributed by atoms with Crippen molar-refractivity contribution in [2.24, 2.45) is 0 Å². The van der Waals surface area contributed by atoms with Crippen LogP contribution in [0.3, 0.4) is 0 Å². The second kappa shape index (κ2) is 9.71. The van der Waals surface area contributed by atoms with Crippen molar-refractivity contribution in [1.82, 2.24) is 20.1 Å². The number of anilines is 1. The number of pyridine rings is 1. The summed E-state index contributed by atoms with van der Waals surface area (Å²) in [6, 6.07) is 16.0. The molecule has 0 radical (unpaired) electrons. The normalized spacial score (nSPS) is 20.5. The van der Waals surface area contributed by atoms with E-state index in [4.69, 9.17) is 4.74 Å². The first-order chi connectivity index (χ1) is 14.3. The number of carbonyl (C=O) groups excluding carboxylic acids is 1.